The normalized spacial score (nSPS) is 21.7. The molecule has 1 aliphatic rings. The molecule has 0 radical (unpaired) electrons. The van der Waals surface area contributed by atoms with Crippen molar-refractivity contribution in [1.29, 1.82) is 0 Å². The Kier molecular flexibility index (Phi) is 4.58. The van der Waals surface area contributed by atoms with E-state index in [9.17, 15) is 0 Å². The minimum absolute atomic E-state index is 0. The number of nitrogens with two attached hydrogens (primary N) is 1. The van der Waals surface area contributed by atoms with Crippen molar-refractivity contribution >= 4 is 28.3 Å². The molecule has 1 fully saturated rings. The van der Waals surface area contributed by atoms with Crippen molar-refractivity contribution in [3.63, 3.8) is 0 Å². The van der Waals surface area contributed by atoms with Crippen LogP contribution in [0.3, 0.4) is 0 Å². The molecule has 1 aromatic heterocycles. The number of aryl methyl sites for hydroxylation is 1. The minimum atomic E-state index is 0. The molecule has 1 aliphatic heterocycles. The molecule has 0 spiro atoms. The van der Waals surface area contributed by atoms with Gasteiger partial charge in [0.1, 0.15) is 0 Å². The number of halogens is 2. The van der Waals surface area contributed by atoms with Gasteiger partial charge in [0.15, 0.2) is 0 Å². The number of nitrogens with zero attached hydrogens (tertiary/aromatic N) is 3. The Balaban J connectivity index is 0.00000112. The average molecular weight is 296 g/mol. The van der Waals surface area contributed by atoms with E-state index in [-0.39, 0.29) is 12.4 Å². The van der Waals surface area contributed by atoms with Gasteiger partial charge in [-0.3, -0.25) is 9.58 Å². The van der Waals surface area contributed by atoms with Crippen molar-refractivity contribution < 1.29 is 0 Å². The summed E-state index contributed by atoms with van der Waals surface area (Å²) in [4.78, 5) is 2.37. The summed E-state index contributed by atoms with van der Waals surface area (Å²) in [6.07, 6.45) is 2.95. The molecule has 1 atom stereocenters. The van der Waals surface area contributed by atoms with E-state index in [1.807, 2.05) is 17.9 Å². The number of aromatic nitrogens is 2. The fourth-order valence-corrected chi connectivity index (χ4v) is 2.31. The first-order valence-electron chi connectivity index (χ1n) is 4.81. The summed E-state index contributed by atoms with van der Waals surface area (Å²) in [5.41, 5.74) is 7.08. The van der Waals surface area contributed by atoms with E-state index in [4.69, 9.17) is 5.73 Å². The van der Waals surface area contributed by atoms with Crippen LogP contribution in [0, 0.1) is 0 Å². The third kappa shape index (κ3) is 2.93. The van der Waals surface area contributed by atoms with Gasteiger partial charge in [0.25, 0.3) is 0 Å². The molecule has 0 aromatic carbocycles. The topological polar surface area (TPSA) is 47.1 Å². The molecule has 0 aliphatic carbocycles. The van der Waals surface area contributed by atoms with E-state index >= 15 is 0 Å². The van der Waals surface area contributed by atoms with Crippen LogP contribution in [-0.2, 0) is 13.6 Å². The SMILES string of the molecule is Cl.Cn1ncc(Br)c1CN1CC[C@H](N)C1. The van der Waals surface area contributed by atoms with Gasteiger partial charge < -0.3 is 5.73 Å². The highest BCUT2D eigenvalue weighted by Gasteiger charge is 2.20. The van der Waals surface area contributed by atoms with Crippen LogP contribution in [0.1, 0.15) is 12.1 Å². The molecule has 2 N–H and O–H groups in total. The summed E-state index contributed by atoms with van der Waals surface area (Å²) in [7, 11) is 1.97. The Bertz CT molecular complexity index is 308. The molecule has 0 amide bonds. The van der Waals surface area contributed by atoms with Gasteiger partial charge in [-0.05, 0) is 22.4 Å². The minimum Gasteiger partial charge on any atom is -0.326 e. The predicted octanol–water partition coefficient (Wildman–Crippen LogP) is 1.14. The first-order chi connectivity index (χ1) is 6.66. The van der Waals surface area contributed by atoms with Gasteiger partial charge >= 0.3 is 0 Å². The third-order valence-corrected chi connectivity index (χ3v) is 3.36. The van der Waals surface area contributed by atoms with E-state index in [2.05, 4.69) is 25.9 Å². The molecule has 0 unspecified atom stereocenters. The van der Waals surface area contributed by atoms with Gasteiger partial charge in [0.2, 0.25) is 0 Å². The molecule has 6 heteroatoms. The lowest BCUT2D eigenvalue weighted by molar-refractivity contribution is 0.316. The highest BCUT2D eigenvalue weighted by molar-refractivity contribution is 9.10. The molecule has 2 heterocycles. The van der Waals surface area contributed by atoms with Crippen LogP contribution in [0.4, 0.5) is 0 Å². The summed E-state index contributed by atoms with van der Waals surface area (Å²) in [6, 6.07) is 0.349. The molecule has 0 bridgehead atoms. The molecular weight excluding hydrogens is 279 g/mol. The Hall–Kier alpha value is -0.100. The molecule has 2 rings (SSSR count). The van der Waals surface area contributed by atoms with Crippen molar-refractivity contribution in [3.8, 4) is 0 Å². The second-order valence-electron chi connectivity index (χ2n) is 3.85. The van der Waals surface area contributed by atoms with Crippen LogP contribution in [0.5, 0.6) is 0 Å². The molecule has 86 valence electrons. The number of hydrogen-bond acceptors (Lipinski definition) is 3. The maximum absolute atomic E-state index is 5.85. The van der Waals surface area contributed by atoms with Crippen molar-refractivity contribution in [3.05, 3.63) is 16.4 Å². The zero-order valence-electron chi connectivity index (χ0n) is 8.69. The highest BCUT2D eigenvalue weighted by Crippen LogP contribution is 2.19. The van der Waals surface area contributed by atoms with E-state index < -0.39 is 0 Å². The zero-order valence-corrected chi connectivity index (χ0v) is 11.1. The first kappa shape index (κ1) is 13.0. The summed E-state index contributed by atoms with van der Waals surface area (Å²) in [5.74, 6) is 0. The Morgan fingerprint density at radius 3 is 2.87 bits per heavy atom. The van der Waals surface area contributed by atoms with Crippen LogP contribution >= 0.6 is 28.3 Å². The molecule has 15 heavy (non-hydrogen) atoms. The standard InChI is InChI=1S/C9H15BrN4.ClH/c1-13-9(8(10)4-12-13)6-14-3-2-7(11)5-14;/h4,7H,2-3,5-6,11H2,1H3;1H/t7-;/m0./s1. The first-order valence-corrected chi connectivity index (χ1v) is 5.60. The fraction of sp³-hybridized carbons (Fsp3) is 0.667. The number of hydrogen-bond donors (Lipinski definition) is 1. The maximum Gasteiger partial charge on any atom is 0.0663 e. The van der Waals surface area contributed by atoms with E-state index in [1.54, 1.807) is 0 Å². The Labute approximate surface area is 104 Å². The van der Waals surface area contributed by atoms with Gasteiger partial charge in [-0.2, -0.15) is 5.10 Å². The van der Waals surface area contributed by atoms with Crippen LogP contribution in [0.25, 0.3) is 0 Å². The largest absolute Gasteiger partial charge is 0.326 e. The van der Waals surface area contributed by atoms with Gasteiger partial charge in [-0.15, -0.1) is 12.4 Å². The average Bonchev–Trinajstić information content (AvgIpc) is 2.67. The zero-order chi connectivity index (χ0) is 10.1. The van der Waals surface area contributed by atoms with Crippen molar-refractivity contribution in [2.24, 2.45) is 12.8 Å². The summed E-state index contributed by atoms with van der Waals surface area (Å²) in [5, 5.41) is 4.19. The monoisotopic (exact) mass is 294 g/mol. The van der Waals surface area contributed by atoms with Crippen LogP contribution in [0.15, 0.2) is 10.7 Å². The molecule has 4 nitrogen and oxygen atoms in total. The van der Waals surface area contributed by atoms with Gasteiger partial charge in [-0.25, -0.2) is 0 Å². The maximum atomic E-state index is 5.85. The van der Waals surface area contributed by atoms with Gasteiger partial charge in [0.05, 0.1) is 16.4 Å². The van der Waals surface area contributed by atoms with Crippen LogP contribution in [-0.4, -0.2) is 33.8 Å². The van der Waals surface area contributed by atoms with Crippen molar-refractivity contribution in [2.75, 3.05) is 13.1 Å². The smallest absolute Gasteiger partial charge is 0.0663 e. The van der Waals surface area contributed by atoms with E-state index in [1.165, 1.54) is 5.69 Å². The highest BCUT2D eigenvalue weighted by atomic mass is 79.9. The number of likely N-dealkylation sites (tertiary alicyclic amines) is 1. The quantitative estimate of drug-likeness (QED) is 0.890. The predicted molar refractivity (Wildman–Crippen MR) is 66.0 cm³/mol. The van der Waals surface area contributed by atoms with E-state index in [0.29, 0.717) is 6.04 Å². The molecule has 0 saturated carbocycles. The molecule has 1 aromatic rings. The van der Waals surface area contributed by atoms with Gasteiger partial charge in [-0.1, -0.05) is 0 Å². The fourth-order valence-electron chi connectivity index (χ4n) is 1.83. The van der Waals surface area contributed by atoms with Crippen LogP contribution < -0.4 is 5.73 Å². The lowest BCUT2D eigenvalue weighted by Gasteiger charge is -2.15. The third-order valence-electron chi connectivity index (χ3n) is 2.69. The lowest BCUT2D eigenvalue weighted by Crippen LogP contribution is -2.27. The second-order valence-corrected chi connectivity index (χ2v) is 4.70. The van der Waals surface area contributed by atoms with Gasteiger partial charge in [0, 0.05) is 32.7 Å². The number of rotatable bonds is 2. The molecular formula is C9H16BrClN4. The second kappa shape index (κ2) is 5.30. The Morgan fingerprint density at radius 1 is 1.67 bits per heavy atom. The van der Waals surface area contributed by atoms with Crippen LogP contribution in [0.2, 0.25) is 0 Å². The Morgan fingerprint density at radius 2 is 2.40 bits per heavy atom. The summed E-state index contributed by atoms with van der Waals surface area (Å²) in [6.45, 7) is 3.03. The van der Waals surface area contributed by atoms with E-state index in [0.717, 1.165) is 30.5 Å². The molecule has 1 saturated heterocycles. The summed E-state index contributed by atoms with van der Waals surface area (Å²) < 4.78 is 2.99. The van der Waals surface area contributed by atoms with Crippen molar-refractivity contribution in [2.45, 2.75) is 19.0 Å². The van der Waals surface area contributed by atoms with Crippen molar-refractivity contribution in [1.82, 2.24) is 14.7 Å². The lowest BCUT2D eigenvalue weighted by atomic mass is 10.3. The summed E-state index contributed by atoms with van der Waals surface area (Å²) >= 11 is 3.50.